The molecule has 1 amide bonds. The Kier molecular flexibility index (Phi) is 3.39. The lowest BCUT2D eigenvalue weighted by molar-refractivity contribution is 0.102. The predicted molar refractivity (Wildman–Crippen MR) is 81.0 cm³/mol. The van der Waals surface area contributed by atoms with Gasteiger partial charge in [-0.3, -0.25) is 4.79 Å². The maximum Gasteiger partial charge on any atom is 0.255 e. The summed E-state index contributed by atoms with van der Waals surface area (Å²) in [5.74, 6) is 1.05. The number of nitrogens with one attached hydrogen (secondary N) is 1. The lowest BCUT2D eigenvalue weighted by Crippen LogP contribution is -2.17. The zero-order valence-electron chi connectivity index (χ0n) is 11.7. The lowest BCUT2D eigenvalue weighted by Gasteiger charge is -2.18. The van der Waals surface area contributed by atoms with Crippen LogP contribution >= 0.6 is 0 Å². The molecule has 1 aliphatic heterocycles. The van der Waals surface area contributed by atoms with E-state index in [0.717, 1.165) is 5.56 Å². The van der Waals surface area contributed by atoms with Crippen LogP contribution in [0.3, 0.4) is 0 Å². The fourth-order valence-corrected chi connectivity index (χ4v) is 2.17. The Hall–Kier alpha value is -2.69. The van der Waals surface area contributed by atoms with Gasteiger partial charge in [-0.25, -0.2) is 0 Å². The van der Waals surface area contributed by atoms with Crippen LogP contribution in [0.1, 0.15) is 15.9 Å². The minimum Gasteiger partial charge on any atom is -0.486 e. The van der Waals surface area contributed by atoms with E-state index in [1.807, 2.05) is 19.1 Å². The van der Waals surface area contributed by atoms with Crippen LogP contribution in [0.5, 0.6) is 11.5 Å². The van der Waals surface area contributed by atoms with Crippen LogP contribution in [-0.4, -0.2) is 19.1 Å². The summed E-state index contributed by atoms with van der Waals surface area (Å²) >= 11 is 0. The van der Waals surface area contributed by atoms with E-state index in [2.05, 4.69) is 5.32 Å². The average Bonchev–Trinajstić information content (AvgIpc) is 2.51. The van der Waals surface area contributed by atoms with E-state index in [4.69, 9.17) is 15.2 Å². The van der Waals surface area contributed by atoms with Crippen molar-refractivity contribution in [1.29, 1.82) is 0 Å². The number of nitrogen functional groups attached to an aromatic ring is 1. The van der Waals surface area contributed by atoms with Gasteiger partial charge in [-0.15, -0.1) is 0 Å². The summed E-state index contributed by atoms with van der Waals surface area (Å²) in [4.78, 5) is 12.3. The number of carbonyl (C=O) groups excluding carboxylic acids is 1. The topological polar surface area (TPSA) is 73.6 Å². The standard InChI is InChI=1S/C16H16N2O3/c1-10-12(17)3-2-4-13(10)18-16(19)11-5-6-14-15(9-11)21-8-7-20-14/h2-6,9H,7-8,17H2,1H3,(H,18,19). The number of benzene rings is 2. The molecule has 0 aromatic heterocycles. The first-order valence-electron chi connectivity index (χ1n) is 6.71. The van der Waals surface area contributed by atoms with E-state index in [1.165, 1.54) is 0 Å². The highest BCUT2D eigenvalue weighted by molar-refractivity contribution is 6.05. The third kappa shape index (κ3) is 2.63. The van der Waals surface area contributed by atoms with Crippen molar-refractivity contribution in [1.82, 2.24) is 0 Å². The minimum absolute atomic E-state index is 0.208. The Balaban J connectivity index is 1.84. The molecule has 5 nitrogen and oxygen atoms in total. The van der Waals surface area contributed by atoms with Gasteiger partial charge in [-0.05, 0) is 42.8 Å². The molecule has 21 heavy (non-hydrogen) atoms. The number of hydrogen-bond donors (Lipinski definition) is 2. The van der Waals surface area contributed by atoms with Crippen molar-refractivity contribution in [3.8, 4) is 11.5 Å². The van der Waals surface area contributed by atoms with Crippen molar-refractivity contribution >= 4 is 17.3 Å². The number of nitrogens with two attached hydrogens (primary N) is 1. The number of rotatable bonds is 2. The van der Waals surface area contributed by atoms with E-state index in [9.17, 15) is 4.79 Å². The predicted octanol–water partition coefficient (Wildman–Crippen LogP) is 2.60. The summed E-state index contributed by atoms with van der Waals surface area (Å²) in [5, 5.41) is 2.86. The molecule has 0 radical (unpaired) electrons. The monoisotopic (exact) mass is 284 g/mol. The second-order valence-electron chi connectivity index (χ2n) is 4.83. The molecular formula is C16H16N2O3. The van der Waals surface area contributed by atoms with Crippen LogP contribution in [0.4, 0.5) is 11.4 Å². The fraction of sp³-hybridized carbons (Fsp3) is 0.188. The summed E-state index contributed by atoms with van der Waals surface area (Å²) in [7, 11) is 0. The Morgan fingerprint density at radius 3 is 2.71 bits per heavy atom. The normalized spacial score (nSPS) is 12.8. The second kappa shape index (κ2) is 5.36. The van der Waals surface area contributed by atoms with E-state index in [0.29, 0.717) is 41.7 Å². The molecule has 0 fully saturated rings. The van der Waals surface area contributed by atoms with Gasteiger partial charge in [0.05, 0.1) is 0 Å². The first kappa shape index (κ1) is 13.3. The summed E-state index contributed by atoms with van der Waals surface area (Å²) in [6, 6.07) is 10.6. The molecular weight excluding hydrogens is 268 g/mol. The van der Waals surface area contributed by atoms with Gasteiger partial charge < -0.3 is 20.5 Å². The zero-order chi connectivity index (χ0) is 14.8. The summed E-state index contributed by atoms with van der Waals surface area (Å²) in [6.45, 7) is 2.89. The third-order valence-corrected chi connectivity index (χ3v) is 3.43. The Labute approximate surface area is 122 Å². The zero-order valence-corrected chi connectivity index (χ0v) is 11.7. The van der Waals surface area contributed by atoms with Crippen LogP contribution in [0.25, 0.3) is 0 Å². The Bertz CT molecular complexity index is 698. The first-order valence-corrected chi connectivity index (χ1v) is 6.71. The number of carbonyl (C=O) groups is 1. The third-order valence-electron chi connectivity index (χ3n) is 3.43. The van der Waals surface area contributed by atoms with Crippen molar-refractivity contribution in [2.75, 3.05) is 24.3 Å². The molecule has 0 aliphatic carbocycles. The van der Waals surface area contributed by atoms with Gasteiger partial charge in [0.1, 0.15) is 13.2 Å². The van der Waals surface area contributed by atoms with Crippen LogP contribution in [0, 0.1) is 6.92 Å². The number of ether oxygens (including phenoxy) is 2. The molecule has 0 saturated heterocycles. The molecule has 2 aromatic carbocycles. The molecule has 3 rings (SSSR count). The lowest BCUT2D eigenvalue weighted by atomic mass is 10.1. The van der Waals surface area contributed by atoms with Gasteiger partial charge in [0.25, 0.3) is 5.91 Å². The Morgan fingerprint density at radius 1 is 1.14 bits per heavy atom. The van der Waals surface area contributed by atoms with Crippen LogP contribution in [-0.2, 0) is 0 Å². The quantitative estimate of drug-likeness (QED) is 0.831. The van der Waals surface area contributed by atoms with Gasteiger partial charge in [-0.1, -0.05) is 6.07 Å². The number of amides is 1. The van der Waals surface area contributed by atoms with E-state index in [1.54, 1.807) is 24.3 Å². The second-order valence-corrected chi connectivity index (χ2v) is 4.83. The number of anilines is 2. The maximum absolute atomic E-state index is 12.3. The molecule has 2 aromatic rings. The molecule has 0 bridgehead atoms. The van der Waals surface area contributed by atoms with E-state index in [-0.39, 0.29) is 5.91 Å². The van der Waals surface area contributed by atoms with E-state index >= 15 is 0 Å². The molecule has 0 spiro atoms. The minimum atomic E-state index is -0.208. The van der Waals surface area contributed by atoms with Gasteiger partial charge >= 0.3 is 0 Å². The molecule has 1 heterocycles. The van der Waals surface area contributed by atoms with Gasteiger partial charge in [0.2, 0.25) is 0 Å². The summed E-state index contributed by atoms with van der Waals surface area (Å²) in [6.07, 6.45) is 0. The average molecular weight is 284 g/mol. The number of fused-ring (bicyclic) bond motifs is 1. The largest absolute Gasteiger partial charge is 0.486 e. The number of hydrogen-bond acceptors (Lipinski definition) is 4. The van der Waals surface area contributed by atoms with Crippen LogP contribution in [0.2, 0.25) is 0 Å². The maximum atomic E-state index is 12.3. The van der Waals surface area contributed by atoms with Crippen molar-refractivity contribution in [3.63, 3.8) is 0 Å². The molecule has 5 heteroatoms. The summed E-state index contributed by atoms with van der Waals surface area (Å²) in [5.41, 5.74) is 8.56. The molecule has 0 unspecified atom stereocenters. The highest BCUT2D eigenvalue weighted by Crippen LogP contribution is 2.31. The van der Waals surface area contributed by atoms with Crippen molar-refractivity contribution < 1.29 is 14.3 Å². The van der Waals surface area contributed by atoms with Gasteiger partial charge in [-0.2, -0.15) is 0 Å². The fourth-order valence-electron chi connectivity index (χ4n) is 2.17. The van der Waals surface area contributed by atoms with Crippen LogP contribution < -0.4 is 20.5 Å². The molecule has 1 aliphatic rings. The van der Waals surface area contributed by atoms with Crippen LogP contribution in [0.15, 0.2) is 36.4 Å². The molecule has 3 N–H and O–H groups in total. The van der Waals surface area contributed by atoms with Gasteiger partial charge in [0, 0.05) is 16.9 Å². The Morgan fingerprint density at radius 2 is 1.90 bits per heavy atom. The molecule has 0 saturated carbocycles. The van der Waals surface area contributed by atoms with E-state index < -0.39 is 0 Å². The highest BCUT2D eigenvalue weighted by Gasteiger charge is 2.15. The van der Waals surface area contributed by atoms with Gasteiger partial charge in [0.15, 0.2) is 11.5 Å². The SMILES string of the molecule is Cc1c(N)cccc1NC(=O)c1ccc2c(c1)OCCO2. The van der Waals surface area contributed by atoms with Crippen molar-refractivity contribution in [3.05, 3.63) is 47.5 Å². The van der Waals surface area contributed by atoms with Crippen molar-refractivity contribution in [2.24, 2.45) is 0 Å². The molecule has 108 valence electrons. The molecule has 0 atom stereocenters. The smallest absolute Gasteiger partial charge is 0.255 e. The van der Waals surface area contributed by atoms with Crippen molar-refractivity contribution in [2.45, 2.75) is 6.92 Å². The highest BCUT2D eigenvalue weighted by atomic mass is 16.6. The summed E-state index contributed by atoms with van der Waals surface area (Å²) < 4.78 is 10.9. The first-order chi connectivity index (χ1) is 10.1.